The Bertz CT molecular complexity index is 337. The Hall–Kier alpha value is -0.830. The standard InChI is InChI=1S/C13H21N3/c1(2-11-3-4-11)7-16-10-14-8-13(16)9-15-12-5-6-12/h8,10-12,15H,1-7,9H2. The van der Waals surface area contributed by atoms with Crippen LogP contribution >= 0.6 is 0 Å². The molecule has 3 nitrogen and oxygen atoms in total. The van der Waals surface area contributed by atoms with Gasteiger partial charge in [-0.2, -0.15) is 0 Å². The quantitative estimate of drug-likeness (QED) is 0.762. The molecular formula is C13H21N3. The highest BCUT2D eigenvalue weighted by molar-refractivity contribution is 4.99. The molecule has 2 aliphatic rings. The minimum Gasteiger partial charge on any atom is -0.333 e. The zero-order chi connectivity index (χ0) is 10.8. The molecule has 0 aromatic carbocycles. The van der Waals surface area contributed by atoms with Crippen molar-refractivity contribution in [3.63, 3.8) is 0 Å². The van der Waals surface area contributed by atoms with Gasteiger partial charge < -0.3 is 9.88 Å². The van der Waals surface area contributed by atoms with Crippen LogP contribution in [0.25, 0.3) is 0 Å². The smallest absolute Gasteiger partial charge is 0.0948 e. The molecule has 1 aromatic rings. The van der Waals surface area contributed by atoms with Crippen molar-refractivity contribution in [3.05, 3.63) is 18.2 Å². The second-order valence-corrected chi connectivity index (χ2v) is 5.32. The minimum absolute atomic E-state index is 0.787. The van der Waals surface area contributed by atoms with E-state index < -0.39 is 0 Å². The number of aromatic nitrogens is 2. The van der Waals surface area contributed by atoms with Gasteiger partial charge in [0.15, 0.2) is 0 Å². The monoisotopic (exact) mass is 219 g/mol. The first-order chi connectivity index (χ1) is 7.92. The third-order valence-electron chi connectivity index (χ3n) is 3.66. The zero-order valence-corrected chi connectivity index (χ0v) is 9.86. The van der Waals surface area contributed by atoms with Gasteiger partial charge in [-0.25, -0.2) is 4.98 Å². The second kappa shape index (κ2) is 4.58. The minimum atomic E-state index is 0.787. The van der Waals surface area contributed by atoms with Gasteiger partial charge in [-0.05, 0) is 31.6 Å². The van der Waals surface area contributed by atoms with Gasteiger partial charge >= 0.3 is 0 Å². The molecule has 0 radical (unpaired) electrons. The molecule has 0 bridgehead atoms. The maximum absolute atomic E-state index is 4.26. The summed E-state index contributed by atoms with van der Waals surface area (Å²) in [6.07, 6.45) is 12.4. The number of rotatable bonds is 7. The summed E-state index contributed by atoms with van der Waals surface area (Å²) in [6, 6.07) is 0.787. The first-order valence-electron chi connectivity index (χ1n) is 6.64. The number of nitrogens with one attached hydrogen (secondary N) is 1. The molecule has 1 aromatic heterocycles. The molecule has 3 rings (SSSR count). The first kappa shape index (κ1) is 10.3. The van der Waals surface area contributed by atoms with Gasteiger partial charge in [-0.3, -0.25) is 0 Å². The Labute approximate surface area is 97.3 Å². The number of hydrogen-bond acceptors (Lipinski definition) is 2. The van der Waals surface area contributed by atoms with Gasteiger partial charge in [-0.1, -0.05) is 12.8 Å². The molecule has 0 saturated heterocycles. The lowest BCUT2D eigenvalue weighted by Crippen LogP contribution is -2.18. The Morgan fingerprint density at radius 2 is 2.19 bits per heavy atom. The Kier molecular flexibility index (Phi) is 2.96. The summed E-state index contributed by atoms with van der Waals surface area (Å²) in [4.78, 5) is 4.26. The third kappa shape index (κ3) is 2.85. The Balaban J connectivity index is 1.45. The second-order valence-electron chi connectivity index (χ2n) is 5.32. The van der Waals surface area contributed by atoms with E-state index in [-0.39, 0.29) is 0 Å². The zero-order valence-electron chi connectivity index (χ0n) is 9.86. The molecule has 0 amide bonds. The van der Waals surface area contributed by atoms with Crippen LogP contribution in [0.3, 0.4) is 0 Å². The fourth-order valence-corrected chi connectivity index (χ4v) is 2.19. The normalized spacial score (nSPS) is 20.2. The molecule has 88 valence electrons. The van der Waals surface area contributed by atoms with Crippen LogP contribution in [0.15, 0.2) is 12.5 Å². The number of nitrogens with zero attached hydrogens (tertiary/aromatic N) is 2. The van der Waals surface area contributed by atoms with Crippen LogP contribution in [0.4, 0.5) is 0 Å². The highest BCUT2D eigenvalue weighted by Crippen LogP contribution is 2.33. The van der Waals surface area contributed by atoms with Crippen molar-refractivity contribution in [1.82, 2.24) is 14.9 Å². The molecule has 16 heavy (non-hydrogen) atoms. The van der Waals surface area contributed by atoms with E-state index in [2.05, 4.69) is 14.9 Å². The van der Waals surface area contributed by atoms with Crippen molar-refractivity contribution in [2.45, 2.75) is 57.7 Å². The maximum Gasteiger partial charge on any atom is 0.0948 e. The molecule has 1 heterocycles. The lowest BCUT2D eigenvalue weighted by molar-refractivity contribution is 0.548. The molecule has 0 unspecified atom stereocenters. The van der Waals surface area contributed by atoms with Gasteiger partial charge in [0.1, 0.15) is 0 Å². The third-order valence-corrected chi connectivity index (χ3v) is 3.66. The van der Waals surface area contributed by atoms with E-state index in [4.69, 9.17) is 0 Å². The summed E-state index contributed by atoms with van der Waals surface area (Å²) in [5.74, 6) is 1.05. The predicted octanol–water partition coefficient (Wildman–Crippen LogP) is 2.33. The van der Waals surface area contributed by atoms with Crippen LogP contribution in [-0.2, 0) is 13.1 Å². The topological polar surface area (TPSA) is 29.9 Å². The number of imidazole rings is 1. The van der Waals surface area contributed by atoms with Crippen LogP contribution in [0, 0.1) is 5.92 Å². The van der Waals surface area contributed by atoms with Gasteiger partial charge in [0, 0.05) is 25.3 Å². The number of hydrogen-bond donors (Lipinski definition) is 1. The highest BCUT2D eigenvalue weighted by Gasteiger charge is 2.21. The molecular weight excluding hydrogens is 198 g/mol. The average molecular weight is 219 g/mol. The molecule has 0 spiro atoms. The van der Waals surface area contributed by atoms with Crippen molar-refractivity contribution >= 4 is 0 Å². The molecule has 0 atom stereocenters. The summed E-state index contributed by atoms with van der Waals surface area (Å²) in [5, 5.41) is 3.55. The average Bonchev–Trinajstić information content (AvgIpc) is 3.18. The Morgan fingerprint density at radius 3 is 2.94 bits per heavy atom. The van der Waals surface area contributed by atoms with Gasteiger partial charge in [0.05, 0.1) is 12.0 Å². The van der Waals surface area contributed by atoms with Crippen molar-refractivity contribution < 1.29 is 0 Å². The molecule has 1 N–H and O–H groups in total. The lowest BCUT2D eigenvalue weighted by atomic mass is 10.2. The molecule has 0 aliphatic heterocycles. The van der Waals surface area contributed by atoms with Crippen LogP contribution in [0.5, 0.6) is 0 Å². The van der Waals surface area contributed by atoms with E-state index in [0.29, 0.717) is 0 Å². The summed E-state index contributed by atoms with van der Waals surface area (Å²) >= 11 is 0. The van der Waals surface area contributed by atoms with E-state index in [0.717, 1.165) is 25.0 Å². The largest absolute Gasteiger partial charge is 0.333 e. The summed E-state index contributed by atoms with van der Waals surface area (Å²) < 4.78 is 2.32. The van der Waals surface area contributed by atoms with E-state index in [1.54, 1.807) is 0 Å². The summed E-state index contributed by atoms with van der Waals surface area (Å²) in [7, 11) is 0. The molecule has 2 saturated carbocycles. The fraction of sp³-hybridized carbons (Fsp3) is 0.769. The van der Waals surface area contributed by atoms with Crippen LogP contribution in [0.1, 0.15) is 44.2 Å². The van der Waals surface area contributed by atoms with E-state index in [9.17, 15) is 0 Å². The van der Waals surface area contributed by atoms with E-state index in [1.165, 1.54) is 44.2 Å². The lowest BCUT2D eigenvalue weighted by Gasteiger charge is -2.08. The Morgan fingerprint density at radius 1 is 1.31 bits per heavy atom. The van der Waals surface area contributed by atoms with Crippen LogP contribution in [0.2, 0.25) is 0 Å². The molecule has 2 aliphatic carbocycles. The van der Waals surface area contributed by atoms with Crippen molar-refractivity contribution in [2.24, 2.45) is 5.92 Å². The molecule has 2 fully saturated rings. The van der Waals surface area contributed by atoms with Crippen molar-refractivity contribution in [1.29, 1.82) is 0 Å². The fourth-order valence-electron chi connectivity index (χ4n) is 2.19. The van der Waals surface area contributed by atoms with Gasteiger partial charge in [0.25, 0.3) is 0 Å². The maximum atomic E-state index is 4.26. The number of aryl methyl sites for hydroxylation is 1. The van der Waals surface area contributed by atoms with E-state index >= 15 is 0 Å². The predicted molar refractivity (Wildman–Crippen MR) is 64.0 cm³/mol. The summed E-state index contributed by atoms with van der Waals surface area (Å²) in [5.41, 5.74) is 1.35. The van der Waals surface area contributed by atoms with E-state index in [1.807, 2.05) is 12.5 Å². The SMILES string of the molecule is c1ncn(CCCC2CC2)c1CNC1CC1. The van der Waals surface area contributed by atoms with Crippen molar-refractivity contribution in [2.75, 3.05) is 0 Å². The van der Waals surface area contributed by atoms with Gasteiger partial charge in [0.2, 0.25) is 0 Å². The first-order valence-corrected chi connectivity index (χ1v) is 6.64. The summed E-state index contributed by atoms with van der Waals surface area (Å²) in [6.45, 7) is 2.15. The highest BCUT2D eigenvalue weighted by atomic mass is 15.1. The van der Waals surface area contributed by atoms with Crippen LogP contribution < -0.4 is 5.32 Å². The van der Waals surface area contributed by atoms with Crippen molar-refractivity contribution in [3.8, 4) is 0 Å². The van der Waals surface area contributed by atoms with Crippen LogP contribution in [-0.4, -0.2) is 15.6 Å². The van der Waals surface area contributed by atoms with Gasteiger partial charge in [-0.15, -0.1) is 0 Å². The molecule has 3 heteroatoms.